The third kappa shape index (κ3) is 4.70. The van der Waals surface area contributed by atoms with Gasteiger partial charge in [-0.15, -0.1) is 0 Å². The van der Waals surface area contributed by atoms with Crippen molar-refractivity contribution in [3.63, 3.8) is 0 Å². The van der Waals surface area contributed by atoms with Crippen LogP contribution in [0.25, 0.3) is 0 Å². The number of ether oxygens (including phenoxy) is 2. The van der Waals surface area contributed by atoms with Crippen molar-refractivity contribution in [2.24, 2.45) is 0 Å². The SMILES string of the molecule is COc1ccc([C@]2(NCCc3ccncc3)C=CC=CC2)cc1OC1CCCC1. The predicted molar refractivity (Wildman–Crippen MR) is 116 cm³/mol. The second-order valence-electron chi connectivity index (χ2n) is 7.88. The van der Waals surface area contributed by atoms with Crippen molar-refractivity contribution in [2.45, 2.75) is 50.2 Å². The summed E-state index contributed by atoms with van der Waals surface area (Å²) in [6, 6.07) is 10.5. The summed E-state index contributed by atoms with van der Waals surface area (Å²) < 4.78 is 11.9. The number of hydrogen-bond donors (Lipinski definition) is 1. The quantitative estimate of drug-likeness (QED) is 0.692. The molecule has 1 N–H and O–H groups in total. The number of pyridine rings is 1. The Morgan fingerprint density at radius 3 is 2.62 bits per heavy atom. The van der Waals surface area contributed by atoms with Gasteiger partial charge < -0.3 is 14.8 Å². The molecule has 0 bridgehead atoms. The highest BCUT2D eigenvalue weighted by molar-refractivity contribution is 5.47. The molecule has 4 heteroatoms. The van der Waals surface area contributed by atoms with Crippen molar-refractivity contribution < 1.29 is 9.47 Å². The Labute approximate surface area is 173 Å². The topological polar surface area (TPSA) is 43.4 Å². The Kier molecular flexibility index (Phi) is 6.30. The van der Waals surface area contributed by atoms with Crippen LogP contribution in [0.2, 0.25) is 0 Å². The van der Waals surface area contributed by atoms with Crippen molar-refractivity contribution >= 4 is 0 Å². The van der Waals surface area contributed by atoms with Crippen molar-refractivity contribution in [1.82, 2.24) is 10.3 Å². The number of methoxy groups -OCH3 is 1. The molecule has 1 aromatic carbocycles. The van der Waals surface area contributed by atoms with E-state index in [0.29, 0.717) is 6.10 Å². The summed E-state index contributed by atoms with van der Waals surface area (Å²) >= 11 is 0. The van der Waals surface area contributed by atoms with Crippen LogP contribution in [0.15, 0.2) is 67.0 Å². The molecule has 1 atom stereocenters. The molecular weight excluding hydrogens is 360 g/mol. The minimum absolute atomic E-state index is 0.234. The maximum Gasteiger partial charge on any atom is 0.161 e. The second-order valence-corrected chi connectivity index (χ2v) is 7.88. The van der Waals surface area contributed by atoms with Crippen LogP contribution in [0.4, 0.5) is 0 Å². The molecule has 29 heavy (non-hydrogen) atoms. The Morgan fingerprint density at radius 2 is 1.90 bits per heavy atom. The number of hydrogen-bond acceptors (Lipinski definition) is 4. The highest BCUT2D eigenvalue weighted by Crippen LogP contribution is 2.38. The van der Waals surface area contributed by atoms with Gasteiger partial charge in [-0.3, -0.25) is 4.98 Å². The molecule has 0 saturated heterocycles. The predicted octanol–water partition coefficient (Wildman–Crippen LogP) is 4.96. The highest BCUT2D eigenvalue weighted by atomic mass is 16.5. The summed E-state index contributed by atoms with van der Waals surface area (Å²) in [5.41, 5.74) is 2.27. The van der Waals surface area contributed by atoms with Crippen LogP contribution >= 0.6 is 0 Å². The fourth-order valence-corrected chi connectivity index (χ4v) is 4.28. The average Bonchev–Trinajstić information content (AvgIpc) is 3.28. The Hall–Kier alpha value is -2.59. The van der Waals surface area contributed by atoms with E-state index in [9.17, 15) is 0 Å². The largest absolute Gasteiger partial charge is 0.493 e. The van der Waals surface area contributed by atoms with E-state index in [2.05, 4.69) is 58.9 Å². The van der Waals surface area contributed by atoms with E-state index >= 15 is 0 Å². The maximum atomic E-state index is 6.35. The molecule has 0 radical (unpaired) electrons. The zero-order chi connectivity index (χ0) is 19.9. The molecule has 0 unspecified atom stereocenters. The molecule has 0 amide bonds. The lowest BCUT2D eigenvalue weighted by Crippen LogP contribution is -2.42. The highest BCUT2D eigenvalue weighted by Gasteiger charge is 2.30. The Balaban J connectivity index is 1.55. The van der Waals surface area contributed by atoms with E-state index in [4.69, 9.17) is 9.47 Å². The molecule has 2 aliphatic rings. The van der Waals surface area contributed by atoms with E-state index in [1.165, 1.54) is 24.0 Å². The fraction of sp³-hybridized carbons (Fsp3) is 0.400. The van der Waals surface area contributed by atoms with Crippen LogP contribution in [0.5, 0.6) is 11.5 Å². The van der Waals surface area contributed by atoms with E-state index in [0.717, 1.165) is 43.7 Å². The molecule has 1 saturated carbocycles. The first-order valence-corrected chi connectivity index (χ1v) is 10.6. The Morgan fingerprint density at radius 1 is 1.07 bits per heavy atom. The monoisotopic (exact) mass is 390 g/mol. The summed E-state index contributed by atoms with van der Waals surface area (Å²) in [6.45, 7) is 0.882. The molecule has 0 aliphatic heterocycles. The molecule has 0 spiro atoms. The second kappa shape index (κ2) is 9.27. The summed E-state index contributed by atoms with van der Waals surface area (Å²) in [4.78, 5) is 4.11. The first-order valence-electron chi connectivity index (χ1n) is 10.6. The van der Waals surface area contributed by atoms with Crippen LogP contribution in [-0.4, -0.2) is 24.7 Å². The summed E-state index contributed by atoms with van der Waals surface area (Å²) in [5, 5.41) is 3.80. The van der Waals surface area contributed by atoms with Gasteiger partial charge in [0, 0.05) is 18.9 Å². The van der Waals surface area contributed by atoms with Gasteiger partial charge >= 0.3 is 0 Å². The molecule has 2 aliphatic carbocycles. The molecule has 1 aromatic heterocycles. The summed E-state index contributed by atoms with van der Waals surface area (Å²) in [6.07, 6.45) is 19.4. The Bertz CT molecular complexity index is 856. The summed E-state index contributed by atoms with van der Waals surface area (Å²) in [7, 11) is 1.71. The van der Waals surface area contributed by atoms with Gasteiger partial charge in [0.25, 0.3) is 0 Å². The van der Waals surface area contributed by atoms with Crippen LogP contribution in [0, 0.1) is 0 Å². The molecule has 152 valence electrons. The van der Waals surface area contributed by atoms with E-state index in [1.807, 2.05) is 18.5 Å². The molecule has 1 fully saturated rings. The van der Waals surface area contributed by atoms with Crippen LogP contribution in [0.3, 0.4) is 0 Å². The van der Waals surface area contributed by atoms with Gasteiger partial charge in [-0.05, 0) is 73.9 Å². The molecule has 2 aromatic rings. The lowest BCUT2D eigenvalue weighted by molar-refractivity contribution is 0.200. The van der Waals surface area contributed by atoms with Gasteiger partial charge in [-0.25, -0.2) is 0 Å². The van der Waals surface area contributed by atoms with Crippen molar-refractivity contribution in [3.05, 3.63) is 78.2 Å². The molecule has 4 rings (SSSR count). The van der Waals surface area contributed by atoms with Gasteiger partial charge in [0.1, 0.15) is 0 Å². The standard InChI is InChI=1S/C25H30N2O2/c1-28-23-10-9-21(19-24(23)29-22-7-3-4-8-22)25(14-5-2-6-15-25)27-18-13-20-11-16-26-17-12-20/h2,5-6,9-12,14,16-17,19,22,27H,3-4,7-8,13,15,18H2,1H3/t25-/m0/s1. The first-order chi connectivity index (χ1) is 14.3. The van der Waals surface area contributed by atoms with Crippen LogP contribution in [0.1, 0.15) is 43.2 Å². The van der Waals surface area contributed by atoms with Gasteiger partial charge in [0.05, 0.1) is 18.8 Å². The number of rotatable bonds is 8. The number of benzene rings is 1. The van der Waals surface area contributed by atoms with Crippen LogP contribution in [-0.2, 0) is 12.0 Å². The zero-order valence-electron chi connectivity index (χ0n) is 17.1. The van der Waals surface area contributed by atoms with Gasteiger partial charge in [-0.2, -0.15) is 0 Å². The maximum absolute atomic E-state index is 6.35. The van der Waals surface area contributed by atoms with E-state index < -0.39 is 0 Å². The lowest BCUT2D eigenvalue weighted by atomic mass is 9.83. The number of nitrogens with one attached hydrogen (secondary N) is 1. The first kappa shape index (κ1) is 19.7. The zero-order valence-corrected chi connectivity index (χ0v) is 17.1. The third-order valence-electron chi connectivity index (χ3n) is 5.95. The van der Waals surface area contributed by atoms with Crippen molar-refractivity contribution in [1.29, 1.82) is 0 Å². The van der Waals surface area contributed by atoms with Gasteiger partial charge in [-0.1, -0.05) is 30.4 Å². The molecular formula is C25H30N2O2. The van der Waals surface area contributed by atoms with Gasteiger partial charge in [0.15, 0.2) is 11.5 Å². The van der Waals surface area contributed by atoms with Gasteiger partial charge in [0.2, 0.25) is 0 Å². The van der Waals surface area contributed by atoms with E-state index in [1.54, 1.807) is 7.11 Å². The average molecular weight is 391 g/mol. The minimum atomic E-state index is -0.234. The normalized spacial score (nSPS) is 21.4. The van der Waals surface area contributed by atoms with E-state index in [-0.39, 0.29) is 5.54 Å². The smallest absolute Gasteiger partial charge is 0.161 e. The third-order valence-corrected chi connectivity index (χ3v) is 5.95. The molecule has 1 heterocycles. The number of nitrogens with zero attached hydrogens (tertiary/aromatic N) is 1. The fourth-order valence-electron chi connectivity index (χ4n) is 4.28. The lowest BCUT2D eigenvalue weighted by Gasteiger charge is -2.34. The van der Waals surface area contributed by atoms with Crippen LogP contribution < -0.4 is 14.8 Å². The number of allylic oxidation sites excluding steroid dienone is 2. The number of aromatic nitrogens is 1. The minimum Gasteiger partial charge on any atom is -0.493 e. The summed E-state index contributed by atoms with van der Waals surface area (Å²) in [5.74, 6) is 1.66. The van der Waals surface area contributed by atoms with Crippen molar-refractivity contribution in [3.8, 4) is 11.5 Å². The molecule has 4 nitrogen and oxygen atoms in total. The van der Waals surface area contributed by atoms with Crippen molar-refractivity contribution in [2.75, 3.05) is 13.7 Å².